The first kappa shape index (κ1) is 17.3. The van der Waals surface area contributed by atoms with Gasteiger partial charge in [-0.1, -0.05) is 53.3 Å². The van der Waals surface area contributed by atoms with Crippen LogP contribution >= 0.6 is 22.9 Å². The van der Waals surface area contributed by atoms with Crippen LogP contribution in [-0.2, 0) is 4.79 Å². The maximum absolute atomic E-state index is 12.9. The fourth-order valence-electron chi connectivity index (χ4n) is 2.00. The maximum Gasteiger partial charge on any atom is 0.229 e. The number of rotatable bonds is 6. The Morgan fingerprint density at radius 2 is 2.00 bits per heavy atom. The second kappa shape index (κ2) is 8.04. The van der Waals surface area contributed by atoms with Crippen LogP contribution in [0.2, 0.25) is 5.02 Å². The molecule has 8 heteroatoms. The summed E-state index contributed by atoms with van der Waals surface area (Å²) in [4.78, 5) is 11.9. The van der Waals surface area contributed by atoms with Crippen LogP contribution in [0.5, 0.6) is 5.75 Å². The van der Waals surface area contributed by atoms with E-state index in [4.69, 9.17) is 16.3 Å². The molecule has 128 valence electrons. The summed E-state index contributed by atoms with van der Waals surface area (Å²) < 4.78 is 18.3. The van der Waals surface area contributed by atoms with Crippen molar-refractivity contribution in [2.45, 2.75) is 6.42 Å². The molecule has 5 nitrogen and oxygen atoms in total. The minimum absolute atomic E-state index is 0.105. The molecule has 0 saturated carbocycles. The zero-order valence-electron chi connectivity index (χ0n) is 12.9. The lowest BCUT2D eigenvalue weighted by Gasteiger charge is -2.07. The molecule has 1 N–H and O–H groups in total. The smallest absolute Gasteiger partial charge is 0.229 e. The zero-order chi connectivity index (χ0) is 17.6. The van der Waals surface area contributed by atoms with Gasteiger partial charge in [0.2, 0.25) is 11.0 Å². The van der Waals surface area contributed by atoms with Gasteiger partial charge in [-0.05, 0) is 18.2 Å². The number of carbonyl (C=O) groups excluding carboxylic acids is 1. The lowest BCUT2D eigenvalue weighted by atomic mass is 10.2. The van der Waals surface area contributed by atoms with E-state index < -0.39 is 5.82 Å². The maximum atomic E-state index is 12.9. The van der Waals surface area contributed by atoms with Crippen molar-refractivity contribution in [1.29, 1.82) is 0 Å². The molecule has 0 unspecified atom stereocenters. The highest BCUT2D eigenvalue weighted by molar-refractivity contribution is 7.18. The van der Waals surface area contributed by atoms with Gasteiger partial charge < -0.3 is 10.1 Å². The van der Waals surface area contributed by atoms with E-state index in [-0.39, 0.29) is 24.0 Å². The Morgan fingerprint density at radius 3 is 2.76 bits per heavy atom. The quantitative estimate of drug-likeness (QED) is 0.691. The Labute approximate surface area is 152 Å². The summed E-state index contributed by atoms with van der Waals surface area (Å²) >= 11 is 7.14. The van der Waals surface area contributed by atoms with Crippen molar-refractivity contribution in [3.05, 3.63) is 59.4 Å². The van der Waals surface area contributed by atoms with Gasteiger partial charge in [0.1, 0.15) is 16.6 Å². The summed E-state index contributed by atoms with van der Waals surface area (Å²) in [6.07, 6.45) is 0.105. The number of nitrogens with zero attached hydrogens (tertiary/aromatic N) is 2. The number of anilines is 1. The second-order valence-electron chi connectivity index (χ2n) is 5.00. The Bertz CT molecular complexity index is 873. The highest BCUT2D eigenvalue weighted by Crippen LogP contribution is 2.26. The van der Waals surface area contributed by atoms with Gasteiger partial charge in [0.15, 0.2) is 0 Å². The molecule has 0 radical (unpaired) electrons. The minimum Gasteiger partial charge on any atom is -0.491 e. The summed E-state index contributed by atoms with van der Waals surface area (Å²) in [6, 6.07) is 13.4. The summed E-state index contributed by atoms with van der Waals surface area (Å²) in [5, 5.41) is 12.0. The van der Waals surface area contributed by atoms with E-state index >= 15 is 0 Å². The van der Waals surface area contributed by atoms with Gasteiger partial charge >= 0.3 is 0 Å². The largest absolute Gasteiger partial charge is 0.491 e. The molecule has 0 fully saturated rings. The number of carbonyl (C=O) groups is 1. The van der Waals surface area contributed by atoms with Gasteiger partial charge in [0.05, 0.1) is 18.1 Å². The van der Waals surface area contributed by atoms with Crippen molar-refractivity contribution in [3.63, 3.8) is 0 Å². The molecule has 0 aliphatic carbocycles. The third-order valence-electron chi connectivity index (χ3n) is 3.17. The van der Waals surface area contributed by atoms with Crippen LogP contribution in [0.15, 0.2) is 48.5 Å². The van der Waals surface area contributed by atoms with Gasteiger partial charge in [0.25, 0.3) is 0 Å². The van der Waals surface area contributed by atoms with Crippen LogP contribution in [-0.4, -0.2) is 22.7 Å². The van der Waals surface area contributed by atoms with Gasteiger partial charge in [-0.3, -0.25) is 4.79 Å². The van der Waals surface area contributed by atoms with Gasteiger partial charge in [0, 0.05) is 5.56 Å². The average Bonchev–Trinajstić information content (AvgIpc) is 3.06. The summed E-state index contributed by atoms with van der Waals surface area (Å²) in [6.45, 7) is 0.113. The Hall–Kier alpha value is -2.51. The van der Waals surface area contributed by atoms with Crippen molar-refractivity contribution >= 4 is 34.0 Å². The van der Waals surface area contributed by atoms with E-state index in [1.807, 2.05) is 30.3 Å². The fraction of sp³-hybridized carbons (Fsp3) is 0.118. The molecule has 0 atom stereocenters. The summed E-state index contributed by atoms with van der Waals surface area (Å²) in [5.74, 6) is -0.368. The number of nitrogens with one attached hydrogen (secondary N) is 1. The van der Waals surface area contributed by atoms with Crippen LogP contribution < -0.4 is 10.1 Å². The number of aromatic nitrogens is 2. The molecule has 0 aliphatic heterocycles. The van der Waals surface area contributed by atoms with Crippen LogP contribution in [0.3, 0.4) is 0 Å². The number of hydrogen-bond donors (Lipinski definition) is 1. The molecule has 1 heterocycles. The Kier molecular flexibility index (Phi) is 5.57. The molecule has 0 spiro atoms. The van der Waals surface area contributed by atoms with E-state index in [0.717, 1.165) is 16.6 Å². The number of amides is 1. The predicted octanol–water partition coefficient (Wildman–Crippen LogP) is 4.41. The molecular formula is C17H13ClFN3O2S. The van der Waals surface area contributed by atoms with Crippen molar-refractivity contribution in [2.75, 3.05) is 11.9 Å². The topological polar surface area (TPSA) is 64.1 Å². The highest BCUT2D eigenvalue weighted by atomic mass is 35.5. The van der Waals surface area contributed by atoms with E-state index in [9.17, 15) is 9.18 Å². The zero-order valence-corrected chi connectivity index (χ0v) is 14.5. The third kappa shape index (κ3) is 4.74. The van der Waals surface area contributed by atoms with Crippen molar-refractivity contribution in [2.24, 2.45) is 0 Å². The van der Waals surface area contributed by atoms with Gasteiger partial charge in [-0.15, -0.1) is 10.2 Å². The number of benzene rings is 2. The molecule has 0 saturated heterocycles. The lowest BCUT2D eigenvalue weighted by Crippen LogP contribution is -2.15. The van der Waals surface area contributed by atoms with Crippen LogP contribution in [0, 0.1) is 5.82 Å². The third-order valence-corrected chi connectivity index (χ3v) is 4.36. The molecule has 0 aliphatic rings. The molecule has 1 amide bonds. The van der Waals surface area contributed by atoms with Gasteiger partial charge in [-0.25, -0.2) is 4.39 Å². The Balaban J connectivity index is 1.50. The first-order valence-corrected chi connectivity index (χ1v) is 8.58. The van der Waals surface area contributed by atoms with Crippen molar-refractivity contribution in [1.82, 2.24) is 10.2 Å². The summed E-state index contributed by atoms with van der Waals surface area (Å²) in [5.41, 5.74) is 0.940. The molecule has 0 bridgehead atoms. The lowest BCUT2D eigenvalue weighted by molar-refractivity contribution is -0.116. The number of ether oxygens (including phenoxy) is 1. The van der Waals surface area contributed by atoms with Gasteiger partial charge in [-0.2, -0.15) is 0 Å². The predicted molar refractivity (Wildman–Crippen MR) is 95.5 cm³/mol. The summed E-state index contributed by atoms with van der Waals surface area (Å²) in [7, 11) is 0. The molecule has 2 aromatic carbocycles. The van der Waals surface area contributed by atoms with Crippen LogP contribution in [0.25, 0.3) is 10.6 Å². The molecule has 25 heavy (non-hydrogen) atoms. The van der Waals surface area contributed by atoms with Crippen molar-refractivity contribution in [3.8, 4) is 16.3 Å². The first-order valence-electron chi connectivity index (χ1n) is 7.38. The van der Waals surface area contributed by atoms with E-state index in [1.54, 1.807) is 0 Å². The van der Waals surface area contributed by atoms with Crippen LogP contribution in [0.1, 0.15) is 6.42 Å². The Morgan fingerprint density at radius 1 is 1.20 bits per heavy atom. The normalized spacial score (nSPS) is 10.5. The van der Waals surface area contributed by atoms with Crippen molar-refractivity contribution < 1.29 is 13.9 Å². The number of hydrogen-bond acceptors (Lipinski definition) is 5. The van der Waals surface area contributed by atoms with E-state index in [2.05, 4.69) is 15.5 Å². The van der Waals surface area contributed by atoms with E-state index in [1.165, 1.54) is 23.5 Å². The molecular weight excluding hydrogens is 365 g/mol. The standard InChI is InChI=1S/C17H13ClFN3O2S/c18-13-10-12(19)6-7-14(13)24-9-8-15(23)20-17-22-21-16(25-17)11-4-2-1-3-5-11/h1-7,10H,8-9H2,(H,20,22,23). The molecule has 3 aromatic rings. The SMILES string of the molecule is O=C(CCOc1ccc(F)cc1Cl)Nc1nnc(-c2ccccc2)s1. The average molecular weight is 378 g/mol. The van der Waals surface area contributed by atoms with Crippen LogP contribution in [0.4, 0.5) is 9.52 Å². The second-order valence-corrected chi connectivity index (χ2v) is 6.38. The number of halogens is 2. The minimum atomic E-state index is -0.444. The fourth-order valence-corrected chi connectivity index (χ4v) is 2.99. The van der Waals surface area contributed by atoms with E-state index in [0.29, 0.717) is 10.9 Å². The monoisotopic (exact) mass is 377 g/mol. The first-order chi connectivity index (χ1) is 12.1. The highest BCUT2D eigenvalue weighted by Gasteiger charge is 2.10. The molecule has 1 aromatic heterocycles. The molecule has 3 rings (SSSR count).